The van der Waals surface area contributed by atoms with E-state index in [9.17, 15) is 4.79 Å². The molecule has 0 radical (unpaired) electrons. The molecule has 0 saturated heterocycles. The van der Waals surface area contributed by atoms with Gasteiger partial charge in [-0.25, -0.2) is 14.6 Å². The standard InChI is InChI=1S/C22H29N5O2S/c1-13-15(14(2)23-20-19(13)21(29-4)26-27(20)3)11-12-18(28)25-22-24-16-9-7-5-6-8-10-17(16)30-22/h5-12H2,1-4H3,(H,24,25,28). The number of anilines is 1. The molecule has 30 heavy (non-hydrogen) atoms. The van der Waals surface area contributed by atoms with Gasteiger partial charge in [-0.3, -0.25) is 4.79 Å². The molecule has 0 aliphatic heterocycles. The molecule has 0 spiro atoms. The zero-order valence-electron chi connectivity index (χ0n) is 18.2. The smallest absolute Gasteiger partial charge is 0.242 e. The van der Waals surface area contributed by atoms with Crippen LogP contribution in [-0.2, 0) is 31.1 Å². The molecule has 3 aromatic heterocycles. The molecular weight excluding hydrogens is 398 g/mol. The summed E-state index contributed by atoms with van der Waals surface area (Å²) in [5.74, 6) is 0.567. The molecule has 0 saturated carbocycles. The summed E-state index contributed by atoms with van der Waals surface area (Å²) in [4.78, 5) is 23.4. The van der Waals surface area contributed by atoms with Crippen molar-refractivity contribution in [2.24, 2.45) is 7.05 Å². The summed E-state index contributed by atoms with van der Waals surface area (Å²) in [6.45, 7) is 4.04. The Morgan fingerprint density at radius 3 is 2.70 bits per heavy atom. The molecule has 0 unspecified atom stereocenters. The third-order valence-electron chi connectivity index (χ3n) is 5.91. The van der Waals surface area contributed by atoms with Crippen LogP contribution in [0.4, 0.5) is 5.13 Å². The van der Waals surface area contributed by atoms with Crippen LogP contribution >= 0.6 is 11.3 Å². The van der Waals surface area contributed by atoms with Crippen LogP contribution in [0.15, 0.2) is 0 Å². The Labute approximate surface area is 180 Å². The lowest BCUT2D eigenvalue weighted by Gasteiger charge is -2.11. The fourth-order valence-electron chi connectivity index (χ4n) is 4.29. The van der Waals surface area contributed by atoms with E-state index < -0.39 is 0 Å². The van der Waals surface area contributed by atoms with E-state index in [1.165, 1.54) is 36.3 Å². The van der Waals surface area contributed by atoms with Crippen molar-refractivity contribution in [2.75, 3.05) is 12.4 Å². The first-order valence-electron chi connectivity index (χ1n) is 10.6. The molecule has 160 valence electrons. The first kappa shape index (κ1) is 20.8. The third kappa shape index (κ3) is 4.05. The Morgan fingerprint density at radius 2 is 1.93 bits per heavy atom. The van der Waals surface area contributed by atoms with Crippen LogP contribution in [0.5, 0.6) is 5.88 Å². The minimum atomic E-state index is -0.00577. The van der Waals surface area contributed by atoms with Gasteiger partial charge in [-0.2, -0.15) is 0 Å². The highest BCUT2D eigenvalue weighted by Crippen LogP contribution is 2.31. The van der Waals surface area contributed by atoms with Crippen molar-refractivity contribution in [3.05, 3.63) is 27.4 Å². The van der Waals surface area contributed by atoms with Gasteiger partial charge < -0.3 is 10.1 Å². The minimum absolute atomic E-state index is 0.00577. The first-order valence-corrected chi connectivity index (χ1v) is 11.4. The van der Waals surface area contributed by atoms with Crippen LogP contribution in [0, 0.1) is 13.8 Å². The minimum Gasteiger partial charge on any atom is -0.479 e. The van der Waals surface area contributed by atoms with Crippen LogP contribution in [0.25, 0.3) is 11.0 Å². The number of carbonyl (C=O) groups excluding carboxylic acids is 1. The van der Waals surface area contributed by atoms with Crippen LogP contribution in [-0.4, -0.2) is 32.8 Å². The molecule has 0 atom stereocenters. The zero-order chi connectivity index (χ0) is 21.3. The maximum absolute atomic E-state index is 12.6. The van der Waals surface area contributed by atoms with E-state index in [0.29, 0.717) is 18.7 Å². The summed E-state index contributed by atoms with van der Waals surface area (Å²) in [5, 5.41) is 9.07. The second kappa shape index (κ2) is 8.71. The first-order chi connectivity index (χ1) is 14.5. The second-order valence-electron chi connectivity index (χ2n) is 7.98. The molecule has 1 amide bonds. The maximum Gasteiger partial charge on any atom is 0.242 e. The Hall–Kier alpha value is -2.48. The van der Waals surface area contributed by atoms with Crippen LogP contribution in [0.2, 0.25) is 0 Å². The molecule has 3 aromatic rings. The average molecular weight is 428 g/mol. The SMILES string of the molecule is COc1nn(C)c2nc(C)c(CCC(=O)Nc3nc4c(s3)CCCCCC4)c(C)c12. The number of fused-ring (bicyclic) bond motifs is 2. The quantitative estimate of drug-likeness (QED) is 0.657. The highest BCUT2D eigenvalue weighted by molar-refractivity contribution is 7.15. The molecule has 1 aliphatic carbocycles. The van der Waals surface area contributed by atoms with Crippen LogP contribution in [0.3, 0.4) is 0 Å². The summed E-state index contributed by atoms with van der Waals surface area (Å²) < 4.78 is 7.16. The fraction of sp³-hybridized carbons (Fsp3) is 0.545. The predicted octanol–water partition coefficient (Wildman–Crippen LogP) is 4.28. The van der Waals surface area contributed by atoms with E-state index in [2.05, 4.69) is 17.3 Å². The van der Waals surface area contributed by atoms with E-state index in [0.717, 1.165) is 45.8 Å². The van der Waals surface area contributed by atoms with Crippen LogP contribution in [0.1, 0.15) is 59.5 Å². The van der Waals surface area contributed by atoms with E-state index in [1.54, 1.807) is 23.1 Å². The van der Waals surface area contributed by atoms with Gasteiger partial charge in [-0.15, -0.1) is 16.4 Å². The maximum atomic E-state index is 12.6. The summed E-state index contributed by atoms with van der Waals surface area (Å²) in [6.07, 6.45) is 8.09. The van der Waals surface area contributed by atoms with Gasteiger partial charge in [0, 0.05) is 24.0 Å². The van der Waals surface area contributed by atoms with E-state index in [1.807, 2.05) is 14.0 Å². The van der Waals surface area contributed by atoms with Crippen molar-refractivity contribution in [3.8, 4) is 5.88 Å². The molecule has 0 bridgehead atoms. The lowest BCUT2D eigenvalue weighted by Crippen LogP contribution is -2.13. The van der Waals surface area contributed by atoms with E-state index in [-0.39, 0.29) is 5.91 Å². The van der Waals surface area contributed by atoms with Gasteiger partial charge in [0.05, 0.1) is 18.2 Å². The molecule has 7 nitrogen and oxygen atoms in total. The van der Waals surface area contributed by atoms with Gasteiger partial charge in [0.25, 0.3) is 0 Å². The molecule has 1 N–H and O–H groups in total. The number of ether oxygens (including phenoxy) is 1. The Morgan fingerprint density at radius 1 is 1.17 bits per heavy atom. The number of nitrogens with zero attached hydrogens (tertiary/aromatic N) is 4. The highest BCUT2D eigenvalue weighted by Gasteiger charge is 2.19. The van der Waals surface area contributed by atoms with Crippen molar-refractivity contribution in [1.82, 2.24) is 19.7 Å². The van der Waals surface area contributed by atoms with Crippen molar-refractivity contribution < 1.29 is 9.53 Å². The number of rotatable bonds is 5. The Balaban J connectivity index is 1.48. The van der Waals surface area contributed by atoms with E-state index in [4.69, 9.17) is 14.7 Å². The largest absolute Gasteiger partial charge is 0.479 e. The summed E-state index contributed by atoms with van der Waals surface area (Å²) in [6, 6.07) is 0. The topological polar surface area (TPSA) is 81.9 Å². The lowest BCUT2D eigenvalue weighted by atomic mass is 10.00. The molecule has 3 heterocycles. The normalized spacial score (nSPS) is 14.3. The molecule has 4 rings (SSSR count). The fourth-order valence-corrected chi connectivity index (χ4v) is 5.35. The van der Waals surface area contributed by atoms with Gasteiger partial charge in [0.2, 0.25) is 11.8 Å². The summed E-state index contributed by atoms with van der Waals surface area (Å²) in [7, 11) is 3.48. The van der Waals surface area contributed by atoms with Crippen molar-refractivity contribution in [1.29, 1.82) is 0 Å². The number of amides is 1. The number of aromatic nitrogens is 4. The Bertz CT molecular complexity index is 1060. The van der Waals surface area contributed by atoms with Crippen molar-refractivity contribution in [2.45, 2.75) is 65.2 Å². The summed E-state index contributed by atoms with van der Waals surface area (Å²) in [5.41, 5.74) is 5.06. The molecular formula is C22H29N5O2S. The Kier molecular flexibility index (Phi) is 6.04. The van der Waals surface area contributed by atoms with Crippen LogP contribution < -0.4 is 10.1 Å². The average Bonchev–Trinajstić information content (AvgIpc) is 3.21. The van der Waals surface area contributed by atoms with Crippen molar-refractivity contribution >= 4 is 33.4 Å². The number of nitrogens with one attached hydrogen (secondary N) is 1. The van der Waals surface area contributed by atoms with Gasteiger partial charge in [-0.05, 0) is 57.1 Å². The predicted molar refractivity (Wildman–Crippen MR) is 119 cm³/mol. The number of methoxy groups -OCH3 is 1. The molecule has 0 fully saturated rings. The zero-order valence-corrected chi connectivity index (χ0v) is 19.0. The van der Waals surface area contributed by atoms with Gasteiger partial charge in [-0.1, -0.05) is 12.8 Å². The summed E-state index contributed by atoms with van der Waals surface area (Å²) >= 11 is 1.64. The van der Waals surface area contributed by atoms with Gasteiger partial charge in [0.15, 0.2) is 10.8 Å². The lowest BCUT2D eigenvalue weighted by molar-refractivity contribution is -0.116. The van der Waals surface area contributed by atoms with Crippen molar-refractivity contribution in [3.63, 3.8) is 0 Å². The third-order valence-corrected chi connectivity index (χ3v) is 6.98. The second-order valence-corrected chi connectivity index (χ2v) is 9.07. The van der Waals surface area contributed by atoms with E-state index >= 15 is 0 Å². The number of hydrogen-bond donors (Lipinski definition) is 1. The van der Waals surface area contributed by atoms with Gasteiger partial charge in [0.1, 0.15) is 0 Å². The number of aryl methyl sites for hydroxylation is 5. The number of pyridine rings is 1. The monoisotopic (exact) mass is 427 g/mol. The molecule has 0 aromatic carbocycles. The molecule has 8 heteroatoms. The number of carbonyl (C=O) groups is 1. The molecule has 1 aliphatic rings. The highest BCUT2D eigenvalue weighted by atomic mass is 32.1. The number of thiazole rings is 1. The van der Waals surface area contributed by atoms with Gasteiger partial charge >= 0.3 is 0 Å². The number of hydrogen-bond acceptors (Lipinski definition) is 6.